The summed E-state index contributed by atoms with van der Waals surface area (Å²) in [5.74, 6) is 0.211. The minimum atomic E-state index is 0. The van der Waals surface area contributed by atoms with Gasteiger partial charge in [0.1, 0.15) is 0 Å². The maximum atomic E-state index is 13.0. The zero-order valence-electron chi connectivity index (χ0n) is 15.5. The molecular formula is C20H31Cl2N3O. The molecule has 146 valence electrons. The van der Waals surface area contributed by atoms with Crippen LogP contribution in [-0.2, 0) is 11.2 Å². The zero-order valence-corrected chi connectivity index (χ0v) is 17.0. The van der Waals surface area contributed by atoms with Gasteiger partial charge in [-0.3, -0.25) is 4.79 Å². The predicted molar refractivity (Wildman–Crippen MR) is 110 cm³/mol. The maximum absolute atomic E-state index is 13.0. The van der Waals surface area contributed by atoms with E-state index in [9.17, 15) is 4.79 Å². The maximum Gasteiger partial charge on any atom is 0.227 e. The Morgan fingerprint density at radius 1 is 1.23 bits per heavy atom. The SMILES string of the molecule is Cl.O=C(Cc1ccccc1Cl)N(CCCN1CCCC1)C1CCCNC1. The van der Waals surface area contributed by atoms with Gasteiger partial charge in [0.2, 0.25) is 5.91 Å². The Labute approximate surface area is 168 Å². The largest absolute Gasteiger partial charge is 0.338 e. The molecule has 0 bridgehead atoms. The van der Waals surface area contributed by atoms with Gasteiger partial charge >= 0.3 is 0 Å². The molecule has 2 fully saturated rings. The van der Waals surface area contributed by atoms with Gasteiger partial charge in [-0.05, 0) is 69.9 Å². The standard InChI is InChI=1S/C20H30ClN3O.ClH/c21-19-9-2-1-7-17(19)15-20(25)24(18-8-5-10-22-16-18)14-6-13-23-11-3-4-12-23;/h1-2,7,9,18,22H,3-6,8,10-16H2;1H. The molecule has 2 aliphatic heterocycles. The van der Waals surface area contributed by atoms with Crippen LogP contribution in [-0.4, -0.2) is 61.0 Å². The Morgan fingerprint density at radius 2 is 2.00 bits per heavy atom. The molecular weight excluding hydrogens is 369 g/mol. The zero-order chi connectivity index (χ0) is 17.5. The summed E-state index contributed by atoms with van der Waals surface area (Å²) >= 11 is 6.26. The van der Waals surface area contributed by atoms with Crippen molar-refractivity contribution in [1.29, 1.82) is 0 Å². The summed E-state index contributed by atoms with van der Waals surface area (Å²) in [6, 6.07) is 8.01. The van der Waals surface area contributed by atoms with Gasteiger partial charge in [-0.15, -0.1) is 12.4 Å². The van der Waals surface area contributed by atoms with E-state index in [0.717, 1.165) is 51.0 Å². The molecule has 2 aliphatic rings. The first-order chi connectivity index (χ1) is 12.2. The highest BCUT2D eigenvalue weighted by Gasteiger charge is 2.25. The molecule has 0 aromatic heterocycles. The van der Waals surface area contributed by atoms with Crippen LogP contribution < -0.4 is 5.32 Å². The van der Waals surface area contributed by atoms with Crippen molar-refractivity contribution in [3.8, 4) is 0 Å². The highest BCUT2D eigenvalue weighted by atomic mass is 35.5. The highest BCUT2D eigenvalue weighted by molar-refractivity contribution is 6.31. The van der Waals surface area contributed by atoms with Crippen molar-refractivity contribution in [2.75, 3.05) is 39.3 Å². The Hall–Kier alpha value is -0.810. The van der Waals surface area contributed by atoms with Crippen molar-refractivity contribution >= 4 is 29.9 Å². The lowest BCUT2D eigenvalue weighted by Gasteiger charge is -2.35. The van der Waals surface area contributed by atoms with E-state index >= 15 is 0 Å². The number of hydrogen-bond donors (Lipinski definition) is 1. The molecule has 2 saturated heterocycles. The number of halogens is 2. The average molecular weight is 400 g/mol. The normalized spacial score (nSPS) is 20.6. The summed E-state index contributed by atoms with van der Waals surface area (Å²) in [6.07, 6.45) is 6.35. The first-order valence-corrected chi connectivity index (χ1v) is 10.1. The number of hydrogen-bond acceptors (Lipinski definition) is 3. The van der Waals surface area contributed by atoms with Crippen LogP contribution in [0, 0.1) is 0 Å². The fourth-order valence-corrected chi connectivity index (χ4v) is 4.19. The molecule has 26 heavy (non-hydrogen) atoms. The molecule has 0 saturated carbocycles. The average Bonchev–Trinajstić information content (AvgIpc) is 3.15. The van der Waals surface area contributed by atoms with Gasteiger partial charge in [-0.1, -0.05) is 29.8 Å². The topological polar surface area (TPSA) is 35.6 Å². The molecule has 1 N–H and O–H groups in total. The smallest absolute Gasteiger partial charge is 0.227 e. The van der Waals surface area contributed by atoms with Crippen LogP contribution in [0.3, 0.4) is 0 Å². The van der Waals surface area contributed by atoms with Crippen LogP contribution in [0.4, 0.5) is 0 Å². The number of carbonyl (C=O) groups is 1. The first kappa shape index (κ1) is 21.5. The van der Waals surface area contributed by atoms with Crippen LogP contribution in [0.15, 0.2) is 24.3 Å². The molecule has 2 heterocycles. The third kappa shape index (κ3) is 6.12. The molecule has 1 unspecified atom stereocenters. The van der Waals surface area contributed by atoms with Gasteiger partial charge in [0.25, 0.3) is 0 Å². The molecule has 4 nitrogen and oxygen atoms in total. The minimum Gasteiger partial charge on any atom is -0.338 e. The van der Waals surface area contributed by atoms with Crippen molar-refractivity contribution < 1.29 is 4.79 Å². The molecule has 1 atom stereocenters. The van der Waals surface area contributed by atoms with Crippen molar-refractivity contribution in [2.45, 2.75) is 44.6 Å². The Bertz CT molecular complexity index is 558. The summed E-state index contributed by atoms with van der Waals surface area (Å²) < 4.78 is 0. The summed E-state index contributed by atoms with van der Waals surface area (Å²) in [5, 5.41) is 4.14. The number of likely N-dealkylation sites (tertiary alicyclic amines) is 1. The number of nitrogens with one attached hydrogen (secondary N) is 1. The van der Waals surface area contributed by atoms with Gasteiger partial charge in [-0.2, -0.15) is 0 Å². The molecule has 6 heteroatoms. The lowest BCUT2D eigenvalue weighted by Crippen LogP contribution is -2.50. The fourth-order valence-electron chi connectivity index (χ4n) is 3.99. The third-order valence-corrected chi connectivity index (χ3v) is 5.77. The van der Waals surface area contributed by atoms with Crippen LogP contribution >= 0.6 is 24.0 Å². The molecule has 0 radical (unpaired) electrons. The summed E-state index contributed by atoms with van der Waals surface area (Å²) in [7, 11) is 0. The monoisotopic (exact) mass is 399 g/mol. The number of amides is 1. The second-order valence-electron chi connectivity index (χ2n) is 7.26. The van der Waals surface area contributed by atoms with Crippen LogP contribution in [0.1, 0.15) is 37.7 Å². The second kappa shape index (κ2) is 11.1. The van der Waals surface area contributed by atoms with E-state index in [2.05, 4.69) is 15.1 Å². The molecule has 1 aromatic carbocycles. The predicted octanol–water partition coefficient (Wildman–Crippen LogP) is 3.37. The van der Waals surface area contributed by atoms with Crippen molar-refractivity contribution in [3.63, 3.8) is 0 Å². The van der Waals surface area contributed by atoms with E-state index < -0.39 is 0 Å². The second-order valence-corrected chi connectivity index (χ2v) is 7.66. The number of piperidine rings is 1. The number of benzene rings is 1. The summed E-state index contributed by atoms with van der Waals surface area (Å²) in [4.78, 5) is 17.7. The molecule has 3 rings (SSSR count). The van der Waals surface area contributed by atoms with Crippen molar-refractivity contribution in [3.05, 3.63) is 34.9 Å². The fraction of sp³-hybridized carbons (Fsp3) is 0.650. The first-order valence-electron chi connectivity index (χ1n) is 9.70. The van der Waals surface area contributed by atoms with Gasteiger partial charge < -0.3 is 15.1 Å². The lowest BCUT2D eigenvalue weighted by atomic mass is 10.0. The van der Waals surface area contributed by atoms with Gasteiger partial charge in [0.05, 0.1) is 6.42 Å². The number of nitrogens with zero attached hydrogens (tertiary/aromatic N) is 2. The van der Waals surface area contributed by atoms with Crippen LogP contribution in [0.2, 0.25) is 5.02 Å². The molecule has 0 aliphatic carbocycles. The van der Waals surface area contributed by atoms with Gasteiger partial charge in [-0.25, -0.2) is 0 Å². The minimum absolute atomic E-state index is 0. The number of carbonyl (C=O) groups excluding carboxylic acids is 1. The molecule has 1 aromatic rings. The van der Waals surface area contributed by atoms with Crippen molar-refractivity contribution in [1.82, 2.24) is 15.1 Å². The van der Waals surface area contributed by atoms with Gasteiger partial charge in [0.15, 0.2) is 0 Å². The van der Waals surface area contributed by atoms with E-state index in [1.807, 2.05) is 24.3 Å². The third-order valence-electron chi connectivity index (χ3n) is 5.40. The van der Waals surface area contributed by atoms with Crippen LogP contribution in [0.25, 0.3) is 0 Å². The highest BCUT2D eigenvalue weighted by Crippen LogP contribution is 2.19. The van der Waals surface area contributed by atoms with Gasteiger partial charge in [0, 0.05) is 24.2 Å². The summed E-state index contributed by atoms with van der Waals surface area (Å²) in [5.41, 5.74) is 0.933. The van der Waals surface area contributed by atoms with Crippen LogP contribution in [0.5, 0.6) is 0 Å². The van der Waals surface area contributed by atoms with Crippen molar-refractivity contribution in [2.24, 2.45) is 0 Å². The van der Waals surface area contributed by atoms with E-state index in [0.29, 0.717) is 17.5 Å². The van der Waals surface area contributed by atoms with E-state index in [1.165, 1.54) is 25.9 Å². The summed E-state index contributed by atoms with van der Waals surface area (Å²) in [6.45, 7) is 6.38. The lowest BCUT2D eigenvalue weighted by molar-refractivity contribution is -0.133. The molecule has 1 amide bonds. The van der Waals surface area contributed by atoms with E-state index in [4.69, 9.17) is 11.6 Å². The quantitative estimate of drug-likeness (QED) is 0.763. The Kier molecular flexibility index (Phi) is 9.20. The van der Waals surface area contributed by atoms with E-state index in [1.54, 1.807) is 0 Å². The number of rotatable bonds is 7. The van der Waals surface area contributed by atoms with E-state index in [-0.39, 0.29) is 18.3 Å². The Morgan fingerprint density at radius 3 is 2.69 bits per heavy atom. The molecule has 0 spiro atoms. The Balaban J connectivity index is 0.00000243.